The number of pyridine rings is 1. The fourth-order valence-corrected chi connectivity index (χ4v) is 2.59. The minimum Gasteiger partial charge on any atom is -0.493 e. The van der Waals surface area contributed by atoms with Gasteiger partial charge < -0.3 is 23.9 Å². The fourth-order valence-electron chi connectivity index (χ4n) is 2.59. The Morgan fingerprint density at radius 3 is 2.42 bits per heavy atom. The summed E-state index contributed by atoms with van der Waals surface area (Å²) in [6.07, 6.45) is 2.99. The van der Waals surface area contributed by atoms with Gasteiger partial charge in [-0.05, 0) is 24.3 Å². The summed E-state index contributed by atoms with van der Waals surface area (Å²) in [6.45, 7) is 0.193. The van der Waals surface area contributed by atoms with Crippen molar-refractivity contribution in [2.75, 3.05) is 21.3 Å². The summed E-state index contributed by atoms with van der Waals surface area (Å²) < 4.78 is 30.5. The van der Waals surface area contributed by atoms with Gasteiger partial charge in [0.05, 0.1) is 33.6 Å². The maximum Gasteiger partial charge on any atom is 0.251 e. The Hall–Kier alpha value is -3.29. The number of carbonyl (C=O) groups is 1. The number of aromatic nitrogens is 2. The van der Waals surface area contributed by atoms with Crippen LogP contribution >= 0.6 is 0 Å². The van der Waals surface area contributed by atoms with Crippen LogP contribution in [0.3, 0.4) is 0 Å². The molecule has 136 valence electrons. The molecular weight excluding hydrogens is 341 g/mol. The van der Waals surface area contributed by atoms with Gasteiger partial charge in [-0.3, -0.25) is 4.79 Å². The van der Waals surface area contributed by atoms with E-state index in [-0.39, 0.29) is 18.3 Å². The number of hydrogen-bond donors (Lipinski definition) is 1. The van der Waals surface area contributed by atoms with Crippen LogP contribution in [-0.4, -0.2) is 36.6 Å². The van der Waals surface area contributed by atoms with Crippen LogP contribution in [0.2, 0.25) is 0 Å². The van der Waals surface area contributed by atoms with Gasteiger partial charge in [-0.15, -0.1) is 0 Å². The standard InChI is InChI=1S/C18H18FN3O4/c1-24-14-6-11(7-15(25-2)17(14)26-3)18(23)20-8-13-10-22-9-12(19)4-5-16(22)21-13/h4-7,9-10H,8H2,1-3H3,(H,20,23). The number of hydrogen-bond acceptors (Lipinski definition) is 5. The Morgan fingerprint density at radius 2 is 1.81 bits per heavy atom. The maximum absolute atomic E-state index is 13.2. The summed E-state index contributed by atoms with van der Waals surface area (Å²) >= 11 is 0. The first kappa shape index (κ1) is 17.5. The third kappa shape index (κ3) is 3.39. The van der Waals surface area contributed by atoms with Crippen LogP contribution in [0.1, 0.15) is 16.1 Å². The van der Waals surface area contributed by atoms with Crippen LogP contribution in [-0.2, 0) is 6.54 Å². The fraction of sp³-hybridized carbons (Fsp3) is 0.222. The molecule has 0 aliphatic carbocycles. The van der Waals surface area contributed by atoms with E-state index < -0.39 is 0 Å². The van der Waals surface area contributed by atoms with Gasteiger partial charge in [-0.1, -0.05) is 0 Å². The number of carbonyl (C=O) groups excluding carboxylic acids is 1. The van der Waals surface area contributed by atoms with Gasteiger partial charge in [0.1, 0.15) is 11.5 Å². The highest BCUT2D eigenvalue weighted by atomic mass is 19.1. The van der Waals surface area contributed by atoms with Gasteiger partial charge >= 0.3 is 0 Å². The second-order valence-electron chi connectivity index (χ2n) is 5.44. The topological polar surface area (TPSA) is 74.1 Å². The summed E-state index contributed by atoms with van der Waals surface area (Å²) in [5, 5.41) is 2.77. The number of nitrogens with one attached hydrogen (secondary N) is 1. The van der Waals surface area contributed by atoms with Crippen molar-refractivity contribution in [3.8, 4) is 17.2 Å². The van der Waals surface area contributed by atoms with Crippen molar-refractivity contribution in [1.82, 2.24) is 14.7 Å². The lowest BCUT2D eigenvalue weighted by molar-refractivity contribution is 0.0949. The van der Waals surface area contributed by atoms with E-state index in [0.717, 1.165) is 0 Å². The minimum atomic E-state index is -0.358. The molecule has 3 rings (SSSR count). The molecule has 1 amide bonds. The van der Waals surface area contributed by atoms with E-state index in [1.165, 1.54) is 33.6 Å². The molecule has 1 aromatic carbocycles. The van der Waals surface area contributed by atoms with Crippen molar-refractivity contribution in [3.05, 3.63) is 53.7 Å². The van der Waals surface area contributed by atoms with E-state index in [4.69, 9.17) is 14.2 Å². The van der Waals surface area contributed by atoms with Gasteiger partial charge in [0.15, 0.2) is 11.5 Å². The van der Waals surface area contributed by atoms with Crippen molar-refractivity contribution >= 4 is 11.6 Å². The molecule has 0 aliphatic rings. The van der Waals surface area contributed by atoms with E-state index in [2.05, 4.69) is 10.3 Å². The number of fused-ring (bicyclic) bond motifs is 1. The molecule has 0 unspecified atom stereocenters. The molecule has 0 radical (unpaired) electrons. The molecule has 2 aromatic heterocycles. The molecule has 0 fully saturated rings. The normalized spacial score (nSPS) is 10.6. The molecule has 1 N–H and O–H groups in total. The van der Waals surface area contributed by atoms with E-state index in [1.807, 2.05) is 0 Å². The third-order valence-corrected chi connectivity index (χ3v) is 3.82. The van der Waals surface area contributed by atoms with Crippen LogP contribution in [0.25, 0.3) is 5.65 Å². The predicted octanol–water partition coefficient (Wildman–Crippen LogP) is 2.43. The summed E-state index contributed by atoms with van der Waals surface area (Å²) in [5.74, 6) is 0.504. The number of benzene rings is 1. The van der Waals surface area contributed by atoms with E-state index >= 15 is 0 Å². The molecule has 0 aliphatic heterocycles. The zero-order valence-electron chi connectivity index (χ0n) is 14.6. The summed E-state index contributed by atoms with van der Waals surface area (Å²) in [5.41, 5.74) is 1.56. The second kappa shape index (κ2) is 7.30. The summed E-state index contributed by atoms with van der Waals surface area (Å²) in [6, 6.07) is 6.03. The van der Waals surface area contributed by atoms with E-state index in [1.54, 1.807) is 28.8 Å². The number of halogens is 1. The van der Waals surface area contributed by atoms with Crippen LogP contribution in [0.4, 0.5) is 4.39 Å². The second-order valence-corrected chi connectivity index (χ2v) is 5.44. The minimum absolute atomic E-state index is 0.193. The molecule has 8 heteroatoms. The van der Waals surface area contributed by atoms with Gasteiger partial charge in [0, 0.05) is 18.0 Å². The van der Waals surface area contributed by atoms with Crippen LogP contribution in [0, 0.1) is 5.82 Å². The SMILES string of the molecule is COc1cc(C(=O)NCc2cn3cc(F)ccc3n2)cc(OC)c1OC. The molecule has 3 aromatic rings. The van der Waals surface area contributed by atoms with Crippen LogP contribution in [0.5, 0.6) is 17.2 Å². The van der Waals surface area contributed by atoms with Crippen molar-refractivity contribution in [1.29, 1.82) is 0 Å². The number of amides is 1. The third-order valence-electron chi connectivity index (χ3n) is 3.82. The van der Waals surface area contributed by atoms with Gasteiger partial charge in [0.2, 0.25) is 5.75 Å². The molecular formula is C18H18FN3O4. The van der Waals surface area contributed by atoms with Crippen LogP contribution < -0.4 is 19.5 Å². The number of nitrogens with zero attached hydrogens (tertiary/aromatic N) is 2. The molecule has 2 heterocycles. The largest absolute Gasteiger partial charge is 0.493 e. The van der Waals surface area contributed by atoms with Crippen molar-refractivity contribution < 1.29 is 23.4 Å². The molecule has 7 nitrogen and oxygen atoms in total. The Kier molecular flexibility index (Phi) is 4.92. The molecule has 0 saturated carbocycles. The Balaban J connectivity index is 1.78. The maximum atomic E-state index is 13.2. The molecule has 0 saturated heterocycles. The Morgan fingerprint density at radius 1 is 1.12 bits per heavy atom. The highest BCUT2D eigenvalue weighted by Gasteiger charge is 2.17. The van der Waals surface area contributed by atoms with Crippen molar-refractivity contribution in [2.45, 2.75) is 6.54 Å². The Labute approximate surface area is 149 Å². The smallest absolute Gasteiger partial charge is 0.251 e. The van der Waals surface area contributed by atoms with E-state index in [0.29, 0.717) is 34.2 Å². The average Bonchev–Trinajstić information content (AvgIpc) is 3.06. The van der Waals surface area contributed by atoms with Crippen molar-refractivity contribution in [2.24, 2.45) is 0 Å². The van der Waals surface area contributed by atoms with Crippen molar-refractivity contribution in [3.63, 3.8) is 0 Å². The lowest BCUT2D eigenvalue weighted by Gasteiger charge is -2.13. The van der Waals surface area contributed by atoms with Gasteiger partial charge in [-0.2, -0.15) is 0 Å². The lowest BCUT2D eigenvalue weighted by atomic mass is 10.1. The zero-order valence-corrected chi connectivity index (χ0v) is 14.6. The quantitative estimate of drug-likeness (QED) is 0.732. The van der Waals surface area contributed by atoms with Crippen LogP contribution in [0.15, 0.2) is 36.7 Å². The molecule has 26 heavy (non-hydrogen) atoms. The first-order chi connectivity index (χ1) is 12.5. The highest BCUT2D eigenvalue weighted by molar-refractivity contribution is 5.95. The number of methoxy groups -OCH3 is 3. The average molecular weight is 359 g/mol. The predicted molar refractivity (Wildman–Crippen MR) is 92.4 cm³/mol. The first-order valence-corrected chi connectivity index (χ1v) is 7.77. The lowest BCUT2D eigenvalue weighted by Crippen LogP contribution is -2.23. The summed E-state index contributed by atoms with van der Waals surface area (Å²) in [4.78, 5) is 16.8. The van der Waals surface area contributed by atoms with Gasteiger partial charge in [-0.25, -0.2) is 9.37 Å². The molecule has 0 spiro atoms. The Bertz CT molecular complexity index is 930. The molecule has 0 bridgehead atoms. The van der Waals surface area contributed by atoms with Gasteiger partial charge in [0.25, 0.3) is 5.91 Å². The van der Waals surface area contributed by atoms with E-state index in [9.17, 15) is 9.18 Å². The number of ether oxygens (including phenoxy) is 3. The monoisotopic (exact) mass is 359 g/mol. The molecule has 0 atom stereocenters. The number of rotatable bonds is 6. The first-order valence-electron chi connectivity index (χ1n) is 7.77. The highest BCUT2D eigenvalue weighted by Crippen LogP contribution is 2.38. The summed E-state index contributed by atoms with van der Waals surface area (Å²) in [7, 11) is 4.45. The number of imidazole rings is 1. The zero-order chi connectivity index (χ0) is 18.7.